The fourth-order valence-corrected chi connectivity index (χ4v) is 2.37. The van der Waals surface area contributed by atoms with Crippen LogP contribution >= 0.6 is 0 Å². The molecule has 2 aliphatic heterocycles. The quantitative estimate of drug-likeness (QED) is 0.607. The van der Waals surface area contributed by atoms with Gasteiger partial charge in [0, 0.05) is 6.42 Å². The van der Waals surface area contributed by atoms with Crippen LogP contribution in [0.4, 0.5) is 0 Å². The molecule has 2 heterocycles. The zero-order valence-electron chi connectivity index (χ0n) is 7.38. The van der Waals surface area contributed by atoms with Gasteiger partial charge in [-0.3, -0.25) is 0 Å². The van der Waals surface area contributed by atoms with Gasteiger partial charge in [0.05, 0.1) is 12.2 Å². The van der Waals surface area contributed by atoms with Crippen molar-refractivity contribution in [3.63, 3.8) is 0 Å². The molecule has 3 rings (SSSR count). The maximum atomic E-state index is 5.68. The number of fused-ring (bicyclic) bond motifs is 2. The molecule has 2 saturated heterocycles. The van der Waals surface area contributed by atoms with Crippen LogP contribution in [0.2, 0.25) is 0 Å². The Morgan fingerprint density at radius 1 is 1.36 bits per heavy atom. The molecule has 2 bridgehead atoms. The van der Waals surface area contributed by atoms with Crippen LogP contribution in [0.5, 0.6) is 0 Å². The van der Waals surface area contributed by atoms with Crippen LogP contribution in [0.1, 0.15) is 45.4 Å². The second kappa shape index (κ2) is 3.14. The van der Waals surface area contributed by atoms with E-state index in [1.165, 1.54) is 38.5 Å². The van der Waals surface area contributed by atoms with E-state index in [2.05, 4.69) is 6.92 Å². The lowest BCUT2D eigenvalue weighted by Gasteiger charge is -2.46. The Morgan fingerprint density at radius 3 is 2.73 bits per heavy atom. The molecule has 1 heteroatoms. The Bertz CT molecular complexity index is 124. The van der Waals surface area contributed by atoms with Crippen molar-refractivity contribution in [3.05, 3.63) is 0 Å². The minimum Gasteiger partial charge on any atom is -0.375 e. The fraction of sp³-hybridized carbons (Fsp3) is 1.00. The lowest BCUT2D eigenvalue weighted by atomic mass is 9.77. The number of hydrogen-bond acceptors (Lipinski definition) is 1. The summed E-state index contributed by atoms with van der Waals surface area (Å²) < 4.78 is 5.68. The number of unbranched alkanes of at least 4 members (excludes halogenated alkanes) is 1. The molecule has 0 N–H and O–H groups in total. The zero-order valence-corrected chi connectivity index (χ0v) is 7.38. The Balaban J connectivity index is 1.75. The van der Waals surface area contributed by atoms with Crippen LogP contribution in [0.15, 0.2) is 0 Å². The van der Waals surface area contributed by atoms with Gasteiger partial charge >= 0.3 is 0 Å². The summed E-state index contributed by atoms with van der Waals surface area (Å²) in [5, 5.41) is 0. The van der Waals surface area contributed by atoms with E-state index in [4.69, 9.17) is 4.74 Å². The summed E-state index contributed by atoms with van der Waals surface area (Å²) in [5.74, 6) is 0.917. The van der Waals surface area contributed by atoms with E-state index in [9.17, 15) is 0 Å². The molecule has 0 amide bonds. The lowest BCUT2D eigenvalue weighted by molar-refractivity contribution is -0.186. The molecule has 0 spiro atoms. The summed E-state index contributed by atoms with van der Waals surface area (Å²) in [6.45, 7) is 2.27. The first-order chi connectivity index (χ1) is 5.40. The van der Waals surface area contributed by atoms with Crippen molar-refractivity contribution in [1.29, 1.82) is 0 Å². The molecule has 0 aromatic rings. The molecule has 3 aliphatic rings. The molecule has 3 fully saturated rings. The van der Waals surface area contributed by atoms with E-state index in [0.717, 1.165) is 5.92 Å². The van der Waals surface area contributed by atoms with Gasteiger partial charge in [-0.1, -0.05) is 19.8 Å². The van der Waals surface area contributed by atoms with Crippen LogP contribution in [0, 0.1) is 5.92 Å². The first kappa shape index (κ1) is 7.60. The topological polar surface area (TPSA) is 9.23 Å². The van der Waals surface area contributed by atoms with Gasteiger partial charge in [-0.05, 0) is 25.2 Å². The highest BCUT2D eigenvalue weighted by atomic mass is 16.5. The molecule has 0 aromatic carbocycles. The molecule has 1 saturated carbocycles. The Hall–Kier alpha value is -0.0400. The molecule has 64 valence electrons. The first-order valence-corrected chi connectivity index (χ1v) is 5.05. The summed E-state index contributed by atoms with van der Waals surface area (Å²) in [6.07, 6.45) is 9.63. The number of hydrogen-bond donors (Lipinski definition) is 0. The van der Waals surface area contributed by atoms with E-state index >= 15 is 0 Å². The van der Waals surface area contributed by atoms with Crippen molar-refractivity contribution in [2.75, 3.05) is 0 Å². The van der Waals surface area contributed by atoms with Crippen LogP contribution in [-0.2, 0) is 4.74 Å². The molecular weight excluding hydrogens is 136 g/mol. The minimum atomic E-state index is 0.665. The molecule has 3 atom stereocenters. The monoisotopic (exact) mass is 154 g/mol. The molecule has 3 unspecified atom stereocenters. The number of rotatable bonds is 3. The maximum absolute atomic E-state index is 5.68. The molecule has 1 nitrogen and oxygen atoms in total. The van der Waals surface area contributed by atoms with Crippen molar-refractivity contribution in [2.24, 2.45) is 5.92 Å². The largest absolute Gasteiger partial charge is 0.375 e. The summed E-state index contributed by atoms with van der Waals surface area (Å²) in [6, 6.07) is 0. The second-order valence-electron chi connectivity index (χ2n) is 4.01. The highest BCUT2D eigenvalue weighted by molar-refractivity contribution is 4.89. The van der Waals surface area contributed by atoms with Gasteiger partial charge in [0.25, 0.3) is 0 Å². The predicted octanol–water partition coefficient (Wildman–Crippen LogP) is 2.74. The van der Waals surface area contributed by atoms with Gasteiger partial charge in [-0.25, -0.2) is 0 Å². The summed E-state index contributed by atoms with van der Waals surface area (Å²) in [7, 11) is 0. The van der Waals surface area contributed by atoms with E-state index in [0.29, 0.717) is 12.2 Å². The highest BCUT2D eigenvalue weighted by Gasteiger charge is 2.40. The molecule has 1 aliphatic carbocycles. The SMILES string of the molecule is CCCCC1CCC2CC1O2. The maximum Gasteiger partial charge on any atom is 0.0631 e. The molecule has 0 radical (unpaired) electrons. The highest BCUT2D eigenvalue weighted by Crippen LogP contribution is 2.40. The lowest BCUT2D eigenvalue weighted by Crippen LogP contribution is -2.47. The van der Waals surface area contributed by atoms with Crippen LogP contribution in [-0.4, -0.2) is 12.2 Å². The molecular formula is C10H18O. The van der Waals surface area contributed by atoms with Gasteiger partial charge in [-0.2, -0.15) is 0 Å². The average molecular weight is 154 g/mol. The Labute approximate surface area is 69.1 Å². The van der Waals surface area contributed by atoms with Crippen molar-refractivity contribution >= 4 is 0 Å². The van der Waals surface area contributed by atoms with E-state index in [-0.39, 0.29) is 0 Å². The van der Waals surface area contributed by atoms with E-state index < -0.39 is 0 Å². The summed E-state index contributed by atoms with van der Waals surface area (Å²) in [4.78, 5) is 0. The third-order valence-corrected chi connectivity index (χ3v) is 3.18. The molecule has 11 heavy (non-hydrogen) atoms. The Morgan fingerprint density at radius 2 is 2.18 bits per heavy atom. The van der Waals surface area contributed by atoms with Gasteiger partial charge in [0.2, 0.25) is 0 Å². The van der Waals surface area contributed by atoms with Gasteiger partial charge in [-0.15, -0.1) is 0 Å². The van der Waals surface area contributed by atoms with Gasteiger partial charge in [0.1, 0.15) is 0 Å². The first-order valence-electron chi connectivity index (χ1n) is 5.05. The van der Waals surface area contributed by atoms with Gasteiger partial charge in [0.15, 0.2) is 0 Å². The second-order valence-corrected chi connectivity index (χ2v) is 4.01. The zero-order chi connectivity index (χ0) is 7.68. The van der Waals surface area contributed by atoms with Crippen LogP contribution < -0.4 is 0 Å². The normalized spacial score (nSPS) is 41.7. The van der Waals surface area contributed by atoms with Crippen molar-refractivity contribution in [3.8, 4) is 0 Å². The van der Waals surface area contributed by atoms with Crippen LogP contribution in [0.25, 0.3) is 0 Å². The van der Waals surface area contributed by atoms with Crippen LogP contribution in [0.3, 0.4) is 0 Å². The third kappa shape index (κ3) is 1.44. The van der Waals surface area contributed by atoms with Crippen molar-refractivity contribution in [2.45, 2.75) is 57.7 Å². The average Bonchev–Trinajstić information content (AvgIpc) is 2.00. The smallest absolute Gasteiger partial charge is 0.0631 e. The number of ether oxygens (including phenoxy) is 1. The standard InChI is InChI=1S/C10H18O/c1-2-3-4-8-5-6-9-7-10(8)11-9/h8-10H,2-7H2,1H3. The van der Waals surface area contributed by atoms with E-state index in [1.807, 2.05) is 0 Å². The van der Waals surface area contributed by atoms with Crippen molar-refractivity contribution in [1.82, 2.24) is 0 Å². The fourth-order valence-electron chi connectivity index (χ4n) is 2.37. The minimum absolute atomic E-state index is 0.665. The summed E-state index contributed by atoms with van der Waals surface area (Å²) in [5.41, 5.74) is 0. The summed E-state index contributed by atoms with van der Waals surface area (Å²) >= 11 is 0. The molecule has 0 aromatic heterocycles. The van der Waals surface area contributed by atoms with Crippen molar-refractivity contribution < 1.29 is 4.74 Å². The third-order valence-electron chi connectivity index (χ3n) is 3.18. The Kier molecular flexibility index (Phi) is 2.17. The predicted molar refractivity (Wildman–Crippen MR) is 45.5 cm³/mol. The van der Waals surface area contributed by atoms with E-state index in [1.54, 1.807) is 0 Å². The van der Waals surface area contributed by atoms with Gasteiger partial charge < -0.3 is 4.74 Å².